The van der Waals surface area contributed by atoms with Crippen molar-refractivity contribution in [3.63, 3.8) is 0 Å². The number of carbonyl (C=O) groups is 1. The van der Waals surface area contributed by atoms with Crippen LogP contribution in [0, 0.1) is 0 Å². The van der Waals surface area contributed by atoms with E-state index in [0.29, 0.717) is 10.0 Å². The van der Waals surface area contributed by atoms with Gasteiger partial charge >= 0.3 is 0 Å². The molecule has 0 saturated carbocycles. The molecular weight excluding hydrogens is 329 g/mol. The Kier molecular flexibility index (Phi) is 10.8. The molecule has 4 heteroatoms. The van der Waals surface area contributed by atoms with Gasteiger partial charge in [0.15, 0.2) is 0 Å². The third-order valence-corrected chi connectivity index (χ3v) is 4.27. The Balaban J connectivity index is 2.11. The van der Waals surface area contributed by atoms with E-state index in [1.807, 2.05) is 0 Å². The van der Waals surface area contributed by atoms with Crippen LogP contribution >= 0.6 is 23.2 Å². The zero-order valence-corrected chi connectivity index (χ0v) is 15.4. The quantitative estimate of drug-likeness (QED) is 0.368. The molecule has 2 nitrogen and oxygen atoms in total. The number of unbranched alkanes of at least 4 members (excludes halogenated alkanes) is 7. The Hall–Kier alpha value is -0.990. The average molecular weight is 356 g/mol. The fraction of sp³-hybridized carbons (Fsp3) is 0.526. The molecule has 0 heterocycles. The van der Waals surface area contributed by atoms with E-state index in [4.69, 9.17) is 23.2 Å². The number of halogens is 2. The first-order valence-electron chi connectivity index (χ1n) is 8.54. The number of benzene rings is 1. The molecule has 1 aromatic rings. The Labute approximate surface area is 150 Å². The highest BCUT2D eigenvalue weighted by atomic mass is 35.5. The molecule has 0 aromatic heterocycles. The van der Waals surface area contributed by atoms with Crippen molar-refractivity contribution >= 4 is 35.2 Å². The molecular formula is C19H27Cl2NO. The van der Waals surface area contributed by atoms with Gasteiger partial charge in [0.25, 0.3) is 0 Å². The van der Waals surface area contributed by atoms with Crippen LogP contribution < -0.4 is 5.32 Å². The van der Waals surface area contributed by atoms with E-state index in [-0.39, 0.29) is 5.91 Å². The normalized spacial score (nSPS) is 11.1. The molecule has 0 bridgehead atoms. The summed E-state index contributed by atoms with van der Waals surface area (Å²) in [6, 6.07) is 5.22. The van der Waals surface area contributed by atoms with E-state index in [0.717, 1.165) is 18.5 Å². The van der Waals surface area contributed by atoms with Gasteiger partial charge in [-0.05, 0) is 30.2 Å². The molecule has 0 unspecified atom stereocenters. The first kappa shape index (κ1) is 20.1. The zero-order valence-electron chi connectivity index (χ0n) is 13.9. The molecule has 0 aliphatic heterocycles. The average Bonchev–Trinajstić information content (AvgIpc) is 2.52. The maximum absolute atomic E-state index is 11.7. The predicted octanol–water partition coefficient (Wildman–Crippen LogP) is 6.26. The summed E-state index contributed by atoms with van der Waals surface area (Å²) in [4.78, 5) is 11.7. The third-order valence-electron chi connectivity index (χ3n) is 3.71. The van der Waals surface area contributed by atoms with Crippen molar-refractivity contribution < 1.29 is 4.79 Å². The summed E-state index contributed by atoms with van der Waals surface area (Å²) < 4.78 is 0. The topological polar surface area (TPSA) is 29.1 Å². The van der Waals surface area contributed by atoms with E-state index in [2.05, 4.69) is 12.2 Å². The molecule has 0 saturated heterocycles. The van der Waals surface area contributed by atoms with Crippen LogP contribution in [0.2, 0.25) is 10.0 Å². The molecule has 0 atom stereocenters. The van der Waals surface area contributed by atoms with E-state index >= 15 is 0 Å². The lowest BCUT2D eigenvalue weighted by molar-refractivity contribution is -0.116. The second kappa shape index (κ2) is 12.4. The molecule has 1 rings (SSSR count). The van der Waals surface area contributed by atoms with Crippen LogP contribution in [0.15, 0.2) is 24.3 Å². The molecule has 23 heavy (non-hydrogen) atoms. The van der Waals surface area contributed by atoms with Crippen molar-refractivity contribution in [1.29, 1.82) is 0 Å². The maximum atomic E-state index is 11.7. The van der Waals surface area contributed by atoms with Crippen molar-refractivity contribution in [3.05, 3.63) is 39.9 Å². The largest absolute Gasteiger partial charge is 0.353 e. The van der Waals surface area contributed by atoms with Gasteiger partial charge in [-0.2, -0.15) is 0 Å². The molecule has 0 radical (unpaired) electrons. The summed E-state index contributed by atoms with van der Waals surface area (Å²) >= 11 is 11.9. The number of amides is 1. The fourth-order valence-electron chi connectivity index (χ4n) is 2.33. The molecule has 0 aliphatic rings. The minimum Gasteiger partial charge on any atom is -0.353 e. The van der Waals surface area contributed by atoms with Gasteiger partial charge in [0.2, 0.25) is 5.91 Å². The first-order chi connectivity index (χ1) is 11.1. The van der Waals surface area contributed by atoms with Gasteiger partial charge in [0, 0.05) is 22.7 Å². The highest BCUT2D eigenvalue weighted by Crippen LogP contribution is 2.21. The van der Waals surface area contributed by atoms with Gasteiger partial charge in [-0.15, -0.1) is 0 Å². The number of carbonyl (C=O) groups excluding carboxylic acids is 1. The molecule has 1 aromatic carbocycles. The Bertz CT molecular complexity index is 500. The lowest BCUT2D eigenvalue weighted by Crippen LogP contribution is -2.21. The molecule has 0 fully saturated rings. The smallest absolute Gasteiger partial charge is 0.243 e. The van der Waals surface area contributed by atoms with E-state index in [9.17, 15) is 4.79 Å². The number of nitrogens with one attached hydrogen (secondary N) is 1. The Morgan fingerprint density at radius 3 is 2.35 bits per heavy atom. The van der Waals surface area contributed by atoms with Crippen LogP contribution in [0.1, 0.15) is 63.9 Å². The predicted molar refractivity (Wildman–Crippen MR) is 101 cm³/mol. The van der Waals surface area contributed by atoms with Crippen LogP contribution in [0.4, 0.5) is 0 Å². The van der Waals surface area contributed by atoms with Gasteiger partial charge in [0.1, 0.15) is 0 Å². The van der Waals surface area contributed by atoms with Gasteiger partial charge in [-0.1, -0.05) is 81.1 Å². The summed E-state index contributed by atoms with van der Waals surface area (Å²) in [5.41, 5.74) is 0.790. The second-order valence-corrected chi connectivity index (χ2v) is 6.61. The Morgan fingerprint density at radius 2 is 1.70 bits per heavy atom. The standard InChI is InChI=1S/C19H27Cl2NO/c1-2-3-4-5-6-7-8-9-14-22-19(23)13-11-16-10-12-17(20)15-18(16)21/h10-13,15H,2-9,14H2,1H3,(H,22,23)/b13-11+. The Morgan fingerprint density at radius 1 is 1.04 bits per heavy atom. The monoisotopic (exact) mass is 355 g/mol. The van der Waals surface area contributed by atoms with Crippen LogP contribution in [-0.2, 0) is 4.79 Å². The molecule has 1 N–H and O–H groups in total. The summed E-state index contributed by atoms with van der Waals surface area (Å²) in [5.74, 6) is -0.0843. The van der Waals surface area contributed by atoms with Crippen LogP contribution in [0.5, 0.6) is 0 Å². The second-order valence-electron chi connectivity index (χ2n) is 5.77. The summed E-state index contributed by atoms with van der Waals surface area (Å²) in [6.07, 6.45) is 13.3. The lowest BCUT2D eigenvalue weighted by Gasteiger charge is -2.03. The van der Waals surface area contributed by atoms with Crippen LogP contribution in [0.25, 0.3) is 6.08 Å². The molecule has 0 aliphatic carbocycles. The third kappa shape index (κ3) is 9.68. The van der Waals surface area contributed by atoms with Gasteiger partial charge < -0.3 is 5.32 Å². The van der Waals surface area contributed by atoms with Crippen molar-refractivity contribution in [3.8, 4) is 0 Å². The number of hydrogen-bond donors (Lipinski definition) is 1. The first-order valence-corrected chi connectivity index (χ1v) is 9.30. The van der Waals surface area contributed by atoms with Crippen molar-refractivity contribution in [2.75, 3.05) is 6.54 Å². The molecule has 0 spiro atoms. The zero-order chi connectivity index (χ0) is 16.9. The summed E-state index contributed by atoms with van der Waals surface area (Å²) in [5, 5.41) is 4.04. The minimum absolute atomic E-state index is 0.0843. The van der Waals surface area contributed by atoms with Crippen molar-refractivity contribution in [2.24, 2.45) is 0 Å². The minimum atomic E-state index is -0.0843. The van der Waals surface area contributed by atoms with E-state index < -0.39 is 0 Å². The van der Waals surface area contributed by atoms with E-state index in [1.54, 1.807) is 24.3 Å². The van der Waals surface area contributed by atoms with Crippen LogP contribution in [-0.4, -0.2) is 12.5 Å². The lowest BCUT2D eigenvalue weighted by atomic mass is 10.1. The summed E-state index contributed by atoms with van der Waals surface area (Å²) in [7, 11) is 0. The van der Waals surface area contributed by atoms with Gasteiger partial charge in [0.05, 0.1) is 0 Å². The van der Waals surface area contributed by atoms with Crippen molar-refractivity contribution in [2.45, 2.75) is 58.3 Å². The van der Waals surface area contributed by atoms with Crippen molar-refractivity contribution in [1.82, 2.24) is 5.32 Å². The number of hydrogen-bond acceptors (Lipinski definition) is 1. The molecule has 128 valence electrons. The van der Waals surface area contributed by atoms with E-state index in [1.165, 1.54) is 51.0 Å². The number of rotatable bonds is 11. The highest BCUT2D eigenvalue weighted by molar-refractivity contribution is 6.35. The highest BCUT2D eigenvalue weighted by Gasteiger charge is 1.99. The van der Waals surface area contributed by atoms with Gasteiger partial charge in [-0.3, -0.25) is 4.79 Å². The van der Waals surface area contributed by atoms with Gasteiger partial charge in [-0.25, -0.2) is 0 Å². The molecule has 1 amide bonds. The van der Waals surface area contributed by atoms with Crippen LogP contribution in [0.3, 0.4) is 0 Å². The maximum Gasteiger partial charge on any atom is 0.243 e. The fourth-order valence-corrected chi connectivity index (χ4v) is 2.80. The SMILES string of the molecule is CCCCCCCCCCNC(=O)/C=C/c1ccc(Cl)cc1Cl. The summed E-state index contributed by atoms with van der Waals surface area (Å²) in [6.45, 7) is 2.96.